The van der Waals surface area contributed by atoms with Gasteiger partial charge in [0, 0.05) is 16.3 Å². The van der Waals surface area contributed by atoms with Crippen molar-refractivity contribution in [2.45, 2.75) is 19.4 Å². The second-order valence-corrected chi connectivity index (χ2v) is 5.12. The maximum Gasteiger partial charge on any atom is 0.254 e. The van der Waals surface area contributed by atoms with Crippen LogP contribution in [0.15, 0.2) is 41.2 Å². The van der Waals surface area contributed by atoms with Crippen LogP contribution in [0.4, 0.5) is 0 Å². The zero-order valence-corrected chi connectivity index (χ0v) is 11.0. The summed E-state index contributed by atoms with van der Waals surface area (Å²) in [7, 11) is 0. The number of benzene rings is 1. The fourth-order valence-electron chi connectivity index (χ4n) is 1.75. The quantitative estimate of drug-likeness (QED) is 0.875. The molecule has 18 heavy (non-hydrogen) atoms. The van der Waals surface area contributed by atoms with Gasteiger partial charge >= 0.3 is 0 Å². The summed E-state index contributed by atoms with van der Waals surface area (Å²) >= 11 is 5.81. The summed E-state index contributed by atoms with van der Waals surface area (Å²) in [5.74, 6) is 0. The molecule has 94 valence electrons. The maximum atomic E-state index is 11.9. The van der Waals surface area contributed by atoms with Crippen LogP contribution in [-0.2, 0) is 5.60 Å². The maximum absolute atomic E-state index is 11.9. The van der Waals surface area contributed by atoms with E-state index in [0.29, 0.717) is 16.3 Å². The smallest absolute Gasteiger partial charge is 0.254 e. The van der Waals surface area contributed by atoms with Crippen LogP contribution in [0.5, 0.6) is 0 Å². The Balaban J connectivity index is 2.47. The predicted octanol–water partition coefficient (Wildman–Crippen LogP) is 2.92. The van der Waals surface area contributed by atoms with Crippen molar-refractivity contribution in [3.05, 3.63) is 57.3 Å². The Kier molecular flexibility index (Phi) is 3.28. The summed E-state index contributed by atoms with van der Waals surface area (Å²) in [4.78, 5) is 14.6. The first kappa shape index (κ1) is 12.9. The van der Waals surface area contributed by atoms with Crippen LogP contribution in [0.1, 0.15) is 19.4 Å². The molecule has 3 nitrogen and oxygen atoms in total. The van der Waals surface area contributed by atoms with Gasteiger partial charge in [-0.05, 0) is 43.7 Å². The van der Waals surface area contributed by atoms with Gasteiger partial charge in [-0.15, -0.1) is 0 Å². The van der Waals surface area contributed by atoms with E-state index in [4.69, 9.17) is 11.6 Å². The molecule has 2 rings (SSSR count). The number of pyridine rings is 1. The van der Waals surface area contributed by atoms with E-state index < -0.39 is 5.60 Å². The van der Waals surface area contributed by atoms with Gasteiger partial charge in [0.25, 0.3) is 5.56 Å². The van der Waals surface area contributed by atoms with Crippen LogP contribution < -0.4 is 5.56 Å². The van der Waals surface area contributed by atoms with Crippen molar-refractivity contribution in [2.75, 3.05) is 0 Å². The van der Waals surface area contributed by atoms with Crippen molar-refractivity contribution in [3.8, 4) is 11.3 Å². The molecule has 0 aliphatic heterocycles. The third kappa shape index (κ3) is 2.63. The lowest BCUT2D eigenvalue weighted by Crippen LogP contribution is -2.26. The number of aromatic amines is 1. The molecule has 2 aromatic rings. The minimum Gasteiger partial charge on any atom is -0.386 e. The van der Waals surface area contributed by atoms with E-state index in [-0.39, 0.29) is 5.56 Å². The van der Waals surface area contributed by atoms with Crippen molar-refractivity contribution in [2.24, 2.45) is 0 Å². The molecule has 0 fully saturated rings. The summed E-state index contributed by atoms with van der Waals surface area (Å²) in [6, 6.07) is 10.6. The van der Waals surface area contributed by atoms with Gasteiger partial charge in [0.1, 0.15) is 0 Å². The molecule has 0 amide bonds. The summed E-state index contributed by atoms with van der Waals surface area (Å²) in [6.07, 6.45) is 0. The third-order valence-corrected chi connectivity index (χ3v) is 2.98. The highest BCUT2D eigenvalue weighted by atomic mass is 35.5. The topological polar surface area (TPSA) is 53.1 Å². The standard InChI is InChI=1S/C14H14ClNO2/c1-14(2,18)11-7-8-12(16-13(11)17)9-3-5-10(15)6-4-9/h3-8,18H,1-2H3,(H,16,17). The molecule has 0 radical (unpaired) electrons. The van der Waals surface area contributed by atoms with Gasteiger partial charge in [-0.3, -0.25) is 4.79 Å². The molecular formula is C14H14ClNO2. The first-order chi connectivity index (χ1) is 8.38. The molecule has 1 aromatic carbocycles. The van der Waals surface area contributed by atoms with Crippen LogP contribution in [0, 0.1) is 0 Å². The average molecular weight is 264 g/mol. The Morgan fingerprint density at radius 2 is 1.72 bits per heavy atom. The number of hydrogen-bond acceptors (Lipinski definition) is 2. The fourth-order valence-corrected chi connectivity index (χ4v) is 1.88. The molecule has 2 N–H and O–H groups in total. The van der Waals surface area contributed by atoms with E-state index in [1.165, 1.54) is 0 Å². The molecule has 0 aliphatic carbocycles. The van der Waals surface area contributed by atoms with Crippen LogP contribution in [-0.4, -0.2) is 10.1 Å². The normalized spacial score (nSPS) is 11.6. The molecule has 0 saturated carbocycles. The van der Waals surface area contributed by atoms with Gasteiger partial charge in [-0.1, -0.05) is 23.7 Å². The first-order valence-corrected chi connectivity index (χ1v) is 5.98. The SMILES string of the molecule is CC(C)(O)c1ccc(-c2ccc(Cl)cc2)[nH]c1=O. The number of aromatic nitrogens is 1. The molecule has 1 heterocycles. The Hall–Kier alpha value is -1.58. The minimum atomic E-state index is -1.15. The van der Waals surface area contributed by atoms with E-state index in [0.717, 1.165) is 5.56 Å². The van der Waals surface area contributed by atoms with E-state index in [9.17, 15) is 9.90 Å². The highest BCUT2D eigenvalue weighted by Crippen LogP contribution is 2.21. The Labute approximate surface area is 110 Å². The van der Waals surface area contributed by atoms with Crippen molar-refractivity contribution < 1.29 is 5.11 Å². The summed E-state index contributed by atoms with van der Waals surface area (Å²) in [6.45, 7) is 3.17. The predicted molar refractivity (Wildman–Crippen MR) is 72.8 cm³/mol. The molecule has 4 heteroatoms. The number of H-pyrrole nitrogens is 1. The van der Waals surface area contributed by atoms with Crippen LogP contribution in [0.3, 0.4) is 0 Å². The van der Waals surface area contributed by atoms with E-state index in [1.54, 1.807) is 38.1 Å². The van der Waals surface area contributed by atoms with Crippen molar-refractivity contribution in [3.63, 3.8) is 0 Å². The van der Waals surface area contributed by atoms with Crippen molar-refractivity contribution >= 4 is 11.6 Å². The van der Waals surface area contributed by atoms with Gasteiger partial charge in [-0.25, -0.2) is 0 Å². The second-order valence-electron chi connectivity index (χ2n) is 4.68. The lowest BCUT2D eigenvalue weighted by molar-refractivity contribution is 0.0771. The first-order valence-electron chi connectivity index (χ1n) is 5.60. The lowest BCUT2D eigenvalue weighted by Gasteiger charge is -2.16. The molecule has 0 atom stereocenters. The monoisotopic (exact) mass is 263 g/mol. The van der Waals surface area contributed by atoms with Gasteiger partial charge in [-0.2, -0.15) is 0 Å². The fraction of sp³-hybridized carbons (Fsp3) is 0.214. The van der Waals surface area contributed by atoms with Gasteiger partial charge in [0.2, 0.25) is 0 Å². The van der Waals surface area contributed by atoms with Crippen molar-refractivity contribution in [1.82, 2.24) is 4.98 Å². The molecule has 0 unspecified atom stereocenters. The average Bonchev–Trinajstić information content (AvgIpc) is 2.28. The molecule has 0 spiro atoms. The molecule has 0 saturated heterocycles. The van der Waals surface area contributed by atoms with Gasteiger partial charge < -0.3 is 10.1 Å². The zero-order valence-electron chi connectivity index (χ0n) is 10.2. The molecule has 0 bridgehead atoms. The molecule has 1 aromatic heterocycles. The van der Waals surface area contributed by atoms with Crippen molar-refractivity contribution in [1.29, 1.82) is 0 Å². The molecular weight excluding hydrogens is 250 g/mol. The van der Waals surface area contributed by atoms with E-state index >= 15 is 0 Å². The Morgan fingerprint density at radius 3 is 2.22 bits per heavy atom. The van der Waals surface area contributed by atoms with E-state index in [1.807, 2.05) is 12.1 Å². The second kappa shape index (κ2) is 4.59. The number of rotatable bonds is 2. The van der Waals surface area contributed by atoms with Gasteiger partial charge in [0.05, 0.1) is 5.60 Å². The highest BCUT2D eigenvalue weighted by Gasteiger charge is 2.19. The minimum absolute atomic E-state index is 0.282. The Bertz CT molecular complexity index is 609. The summed E-state index contributed by atoms with van der Waals surface area (Å²) in [5.41, 5.74) is 0.491. The number of nitrogens with one attached hydrogen (secondary N) is 1. The van der Waals surface area contributed by atoms with Gasteiger partial charge in [0.15, 0.2) is 0 Å². The number of halogens is 1. The van der Waals surface area contributed by atoms with Crippen LogP contribution >= 0.6 is 11.6 Å². The third-order valence-electron chi connectivity index (χ3n) is 2.72. The van der Waals surface area contributed by atoms with Crippen LogP contribution in [0.2, 0.25) is 5.02 Å². The van der Waals surface area contributed by atoms with Crippen LogP contribution in [0.25, 0.3) is 11.3 Å². The lowest BCUT2D eigenvalue weighted by atomic mass is 9.99. The Morgan fingerprint density at radius 1 is 1.11 bits per heavy atom. The van der Waals surface area contributed by atoms with E-state index in [2.05, 4.69) is 4.98 Å². The number of aliphatic hydroxyl groups is 1. The summed E-state index contributed by atoms with van der Waals surface area (Å²) < 4.78 is 0. The summed E-state index contributed by atoms with van der Waals surface area (Å²) in [5, 5.41) is 10.5. The number of hydrogen-bond donors (Lipinski definition) is 2. The molecule has 0 aliphatic rings. The highest BCUT2D eigenvalue weighted by molar-refractivity contribution is 6.30. The largest absolute Gasteiger partial charge is 0.386 e. The zero-order chi connectivity index (χ0) is 13.3.